The Morgan fingerprint density at radius 2 is 1.89 bits per heavy atom. The van der Waals surface area contributed by atoms with Crippen molar-refractivity contribution >= 4 is 0 Å². The number of fused-ring (bicyclic) bond motifs is 9. The molecule has 4 aliphatic rings. The van der Waals surface area contributed by atoms with Gasteiger partial charge in [-0.2, -0.15) is 0 Å². The molecule has 4 rings (SSSR count). The van der Waals surface area contributed by atoms with E-state index in [-0.39, 0.29) is 0 Å². The highest BCUT2D eigenvalue weighted by atomic mass is 14.7. The fraction of sp³-hybridized carbons (Fsp3) is 0.789. The van der Waals surface area contributed by atoms with Crippen molar-refractivity contribution in [3.05, 3.63) is 23.8 Å². The van der Waals surface area contributed by atoms with Crippen LogP contribution in [0.3, 0.4) is 0 Å². The zero-order valence-electron chi connectivity index (χ0n) is 12.5. The summed E-state index contributed by atoms with van der Waals surface area (Å²) in [7, 11) is 0. The van der Waals surface area contributed by atoms with E-state index in [1.165, 1.54) is 32.1 Å². The van der Waals surface area contributed by atoms with Crippen LogP contribution in [0.25, 0.3) is 0 Å². The second kappa shape index (κ2) is 4.50. The minimum atomic E-state index is 0.956. The van der Waals surface area contributed by atoms with Crippen LogP contribution in [-0.4, -0.2) is 0 Å². The summed E-state index contributed by atoms with van der Waals surface area (Å²) in [5.41, 5.74) is 1.91. The molecule has 0 spiro atoms. The van der Waals surface area contributed by atoms with Crippen molar-refractivity contribution < 1.29 is 0 Å². The van der Waals surface area contributed by atoms with E-state index in [4.69, 9.17) is 0 Å². The number of hydrogen-bond acceptors (Lipinski definition) is 0. The van der Waals surface area contributed by atoms with Crippen LogP contribution in [0.2, 0.25) is 0 Å². The Morgan fingerprint density at radius 1 is 1.11 bits per heavy atom. The first kappa shape index (κ1) is 12.2. The standard InChI is InChI=1S/C19H28/c1-3-5-7-15-14(6-4-2)16-11-17(15)19-13-9-8-12(10-13)18(16)19/h6,8-9,12-13,15-19H,3-5,7,10-11H2,1-2H3/b14-6-. The second-order valence-corrected chi connectivity index (χ2v) is 7.47. The molecule has 0 heterocycles. The fourth-order valence-corrected chi connectivity index (χ4v) is 6.33. The molecule has 0 aliphatic heterocycles. The fourth-order valence-electron chi connectivity index (χ4n) is 6.33. The van der Waals surface area contributed by atoms with E-state index in [2.05, 4.69) is 32.1 Å². The van der Waals surface area contributed by atoms with Gasteiger partial charge in [0, 0.05) is 0 Å². The van der Waals surface area contributed by atoms with Crippen molar-refractivity contribution in [3.63, 3.8) is 0 Å². The maximum Gasteiger partial charge on any atom is -0.0160 e. The van der Waals surface area contributed by atoms with Crippen LogP contribution in [0.4, 0.5) is 0 Å². The molecule has 104 valence electrons. The predicted molar refractivity (Wildman–Crippen MR) is 80.7 cm³/mol. The maximum atomic E-state index is 2.62. The summed E-state index contributed by atoms with van der Waals surface area (Å²) in [4.78, 5) is 0. The SMILES string of the molecule is CC/C=C1/C(CCCC)C2CC1C1C3C=CC(C3)C21. The number of allylic oxidation sites excluding steroid dienone is 4. The van der Waals surface area contributed by atoms with Crippen molar-refractivity contribution in [1.29, 1.82) is 0 Å². The third-order valence-electron chi connectivity index (χ3n) is 6.75. The maximum absolute atomic E-state index is 2.62. The lowest BCUT2D eigenvalue weighted by Gasteiger charge is -2.39. The van der Waals surface area contributed by atoms with Gasteiger partial charge in [-0.05, 0) is 67.1 Å². The second-order valence-electron chi connectivity index (χ2n) is 7.47. The van der Waals surface area contributed by atoms with Crippen molar-refractivity contribution in [3.8, 4) is 0 Å². The first-order chi connectivity index (χ1) is 9.35. The highest BCUT2D eigenvalue weighted by Gasteiger charge is 2.62. The van der Waals surface area contributed by atoms with Crippen LogP contribution in [0.5, 0.6) is 0 Å². The van der Waals surface area contributed by atoms with E-state index in [9.17, 15) is 0 Å². The van der Waals surface area contributed by atoms with Gasteiger partial charge < -0.3 is 0 Å². The van der Waals surface area contributed by atoms with Gasteiger partial charge in [0.15, 0.2) is 0 Å². The lowest BCUT2D eigenvalue weighted by atomic mass is 9.66. The van der Waals surface area contributed by atoms with Gasteiger partial charge in [0.25, 0.3) is 0 Å². The molecule has 3 fully saturated rings. The van der Waals surface area contributed by atoms with Gasteiger partial charge in [-0.25, -0.2) is 0 Å². The topological polar surface area (TPSA) is 0 Å². The largest absolute Gasteiger partial charge is 0.0850 e. The Bertz CT molecular complexity index is 416. The molecule has 4 aliphatic carbocycles. The Morgan fingerprint density at radius 3 is 2.63 bits per heavy atom. The summed E-state index contributed by atoms with van der Waals surface area (Å²) in [6.45, 7) is 4.67. The molecule has 0 saturated heterocycles. The molecule has 0 heteroatoms. The zero-order chi connectivity index (χ0) is 13.0. The number of rotatable bonds is 4. The highest BCUT2D eigenvalue weighted by molar-refractivity contribution is 5.31. The molecule has 4 bridgehead atoms. The van der Waals surface area contributed by atoms with Gasteiger partial charge in [-0.3, -0.25) is 0 Å². The third-order valence-corrected chi connectivity index (χ3v) is 6.75. The molecule has 7 atom stereocenters. The van der Waals surface area contributed by atoms with Crippen molar-refractivity contribution in [2.75, 3.05) is 0 Å². The van der Waals surface area contributed by atoms with Gasteiger partial charge >= 0.3 is 0 Å². The monoisotopic (exact) mass is 256 g/mol. The number of hydrogen-bond donors (Lipinski definition) is 0. The average Bonchev–Trinajstić information content (AvgIpc) is 3.14. The van der Waals surface area contributed by atoms with Crippen molar-refractivity contribution in [2.45, 2.75) is 52.4 Å². The van der Waals surface area contributed by atoms with Crippen LogP contribution in [0.15, 0.2) is 23.8 Å². The summed E-state index contributed by atoms with van der Waals surface area (Å²) in [5, 5.41) is 0. The van der Waals surface area contributed by atoms with Crippen molar-refractivity contribution in [1.82, 2.24) is 0 Å². The van der Waals surface area contributed by atoms with Crippen LogP contribution in [-0.2, 0) is 0 Å². The predicted octanol–water partition coefficient (Wildman–Crippen LogP) is 5.22. The molecule has 0 aromatic carbocycles. The van der Waals surface area contributed by atoms with Gasteiger partial charge in [-0.15, -0.1) is 0 Å². The van der Waals surface area contributed by atoms with E-state index >= 15 is 0 Å². The minimum Gasteiger partial charge on any atom is -0.0850 e. The highest BCUT2D eigenvalue weighted by Crippen LogP contribution is 2.69. The zero-order valence-corrected chi connectivity index (χ0v) is 12.5. The lowest BCUT2D eigenvalue weighted by Crippen LogP contribution is -2.32. The molecule has 7 unspecified atom stereocenters. The van der Waals surface area contributed by atoms with Crippen LogP contribution in [0, 0.1) is 41.4 Å². The molecule has 0 nitrogen and oxygen atoms in total. The quantitative estimate of drug-likeness (QED) is 0.478. The molecule has 0 amide bonds. The Hall–Kier alpha value is -0.520. The molecule has 0 N–H and O–H groups in total. The third kappa shape index (κ3) is 1.58. The Labute approximate surface area is 118 Å². The van der Waals surface area contributed by atoms with Gasteiger partial charge in [-0.1, -0.05) is 50.5 Å². The van der Waals surface area contributed by atoms with Crippen LogP contribution >= 0.6 is 0 Å². The van der Waals surface area contributed by atoms with Gasteiger partial charge in [0.2, 0.25) is 0 Å². The smallest absolute Gasteiger partial charge is 0.0160 e. The molecule has 0 aromatic heterocycles. The van der Waals surface area contributed by atoms with E-state index in [0.717, 1.165) is 41.4 Å². The molecular weight excluding hydrogens is 228 g/mol. The molecule has 3 saturated carbocycles. The van der Waals surface area contributed by atoms with E-state index in [0.29, 0.717) is 0 Å². The van der Waals surface area contributed by atoms with E-state index in [1.807, 2.05) is 5.57 Å². The lowest BCUT2D eigenvalue weighted by molar-refractivity contribution is 0.187. The van der Waals surface area contributed by atoms with Crippen molar-refractivity contribution in [2.24, 2.45) is 41.4 Å². The van der Waals surface area contributed by atoms with E-state index < -0.39 is 0 Å². The summed E-state index contributed by atoms with van der Waals surface area (Å²) in [6, 6.07) is 0. The Kier molecular flexibility index (Phi) is 2.90. The Balaban J connectivity index is 1.64. The van der Waals surface area contributed by atoms with Crippen LogP contribution in [0.1, 0.15) is 52.4 Å². The van der Waals surface area contributed by atoms with Gasteiger partial charge in [0.1, 0.15) is 0 Å². The summed E-state index contributed by atoms with van der Waals surface area (Å²) < 4.78 is 0. The van der Waals surface area contributed by atoms with Crippen LogP contribution < -0.4 is 0 Å². The normalized spacial score (nSPS) is 51.5. The first-order valence-corrected chi connectivity index (χ1v) is 8.73. The van der Waals surface area contributed by atoms with Gasteiger partial charge in [0.05, 0.1) is 0 Å². The number of unbranched alkanes of at least 4 members (excludes halogenated alkanes) is 1. The molecule has 0 radical (unpaired) electrons. The first-order valence-electron chi connectivity index (χ1n) is 8.73. The van der Waals surface area contributed by atoms with E-state index in [1.54, 1.807) is 6.42 Å². The summed E-state index contributed by atoms with van der Waals surface area (Å²) in [6.07, 6.45) is 16.4. The molecular formula is C19H28. The summed E-state index contributed by atoms with van der Waals surface area (Å²) >= 11 is 0. The summed E-state index contributed by atoms with van der Waals surface area (Å²) in [5.74, 6) is 7.07. The molecule has 0 aromatic rings. The minimum absolute atomic E-state index is 0.956. The average molecular weight is 256 g/mol. The molecule has 19 heavy (non-hydrogen) atoms.